The molecule has 0 radical (unpaired) electrons. The second kappa shape index (κ2) is 8.46. The molecule has 6 rings (SSSR count). The summed E-state index contributed by atoms with van der Waals surface area (Å²) in [4.78, 5) is 13.6. The monoisotopic (exact) mass is 538 g/mol. The molecule has 4 heteroatoms. The molecule has 218 valence electrons. The van der Waals surface area contributed by atoms with Crippen LogP contribution in [0.25, 0.3) is 0 Å². The molecule has 6 aliphatic rings. The van der Waals surface area contributed by atoms with Crippen molar-refractivity contribution >= 4 is 5.97 Å². The zero-order valence-corrected chi connectivity index (χ0v) is 26.1. The lowest BCUT2D eigenvalue weighted by molar-refractivity contribution is -0.307. The molecule has 0 bridgehead atoms. The number of hydrogen-bond acceptors (Lipinski definition) is 4. The van der Waals surface area contributed by atoms with E-state index in [9.17, 15) is 4.79 Å². The van der Waals surface area contributed by atoms with Crippen LogP contribution in [0.3, 0.4) is 0 Å². The summed E-state index contributed by atoms with van der Waals surface area (Å²) in [5.41, 5.74) is 3.29. The van der Waals surface area contributed by atoms with Gasteiger partial charge in [-0.1, -0.05) is 66.7 Å². The zero-order chi connectivity index (χ0) is 28.3. The van der Waals surface area contributed by atoms with E-state index >= 15 is 0 Å². The predicted octanol–water partition coefficient (Wildman–Crippen LogP) is 8.26. The Hall–Kier alpha value is -1.13. The van der Waals surface area contributed by atoms with Crippen molar-refractivity contribution in [1.82, 2.24) is 0 Å². The summed E-state index contributed by atoms with van der Waals surface area (Å²) < 4.78 is 18.4. The molecule has 1 heterocycles. The molecule has 1 aliphatic heterocycles. The average molecular weight is 539 g/mol. The number of allylic oxidation sites excluding steroid dienone is 3. The maximum Gasteiger partial charge on any atom is 0.312 e. The SMILES string of the molecule is C=CC1=C2[C@@H]3CC(C)(C)CC[C@]3(C(=O)OC)CC[C@@]2(C)[C@]2(C)CC[C@H]3C(C)(C)C4(CC[C@]3(C)C2C1)OCCO4. The van der Waals surface area contributed by atoms with Gasteiger partial charge >= 0.3 is 5.97 Å². The minimum atomic E-state index is -0.426. The van der Waals surface area contributed by atoms with E-state index in [2.05, 4.69) is 61.1 Å². The Morgan fingerprint density at radius 2 is 1.56 bits per heavy atom. The molecule has 4 saturated carbocycles. The molecule has 0 N–H and O–H groups in total. The number of carbonyl (C=O) groups excluding carboxylic acids is 1. The van der Waals surface area contributed by atoms with Crippen molar-refractivity contribution in [2.75, 3.05) is 20.3 Å². The first-order valence-electron chi connectivity index (χ1n) is 15.9. The molecule has 5 aliphatic carbocycles. The normalized spacial score (nSPS) is 47.4. The molecule has 0 aromatic heterocycles. The first kappa shape index (κ1) is 28.0. The van der Waals surface area contributed by atoms with Gasteiger partial charge in [-0.3, -0.25) is 4.79 Å². The topological polar surface area (TPSA) is 44.8 Å². The Balaban J connectivity index is 1.48. The lowest BCUT2D eigenvalue weighted by Crippen LogP contribution is -2.67. The summed E-state index contributed by atoms with van der Waals surface area (Å²) in [5.74, 6) is 0.975. The summed E-state index contributed by atoms with van der Waals surface area (Å²) in [6, 6.07) is 0. The third-order valence-corrected chi connectivity index (χ3v) is 14.5. The van der Waals surface area contributed by atoms with E-state index < -0.39 is 5.79 Å². The van der Waals surface area contributed by atoms with E-state index in [1.807, 2.05) is 0 Å². The van der Waals surface area contributed by atoms with Crippen LogP contribution in [-0.4, -0.2) is 32.1 Å². The van der Waals surface area contributed by atoms with Crippen LogP contribution >= 0.6 is 0 Å². The Bertz CT molecular complexity index is 1090. The first-order chi connectivity index (χ1) is 18.2. The quantitative estimate of drug-likeness (QED) is 0.332. The lowest BCUT2D eigenvalue weighted by Gasteiger charge is -2.72. The van der Waals surface area contributed by atoms with Gasteiger partial charge in [0.05, 0.1) is 25.7 Å². The molecule has 1 unspecified atom stereocenters. The van der Waals surface area contributed by atoms with Gasteiger partial charge < -0.3 is 14.2 Å². The summed E-state index contributed by atoms with van der Waals surface area (Å²) in [6.07, 6.45) is 13.0. The molecule has 0 aromatic rings. The molecule has 0 aromatic carbocycles. The molecular formula is C35H54O4. The smallest absolute Gasteiger partial charge is 0.312 e. The summed E-state index contributed by atoms with van der Waals surface area (Å²) >= 11 is 0. The Morgan fingerprint density at radius 1 is 0.897 bits per heavy atom. The second-order valence-electron chi connectivity index (χ2n) is 16.5. The van der Waals surface area contributed by atoms with E-state index in [4.69, 9.17) is 14.2 Å². The summed E-state index contributed by atoms with van der Waals surface area (Å²) in [7, 11) is 1.60. The highest BCUT2D eigenvalue weighted by Gasteiger charge is 2.72. The van der Waals surface area contributed by atoms with Gasteiger partial charge in [0.2, 0.25) is 0 Å². The van der Waals surface area contributed by atoms with Crippen molar-refractivity contribution in [3.05, 3.63) is 23.8 Å². The number of ether oxygens (including phenoxy) is 3. The predicted molar refractivity (Wildman–Crippen MR) is 155 cm³/mol. The van der Waals surface area contributed by atoms with Gasteiger partial charge in [0.25, 0.3) is 0 Å². The van der Waals surface area contributed by atoms with Crippen molar-refractivity contribution in [3.63, 3.8) is 0 Å². The number of methoxy groups -OCH3 is 1. The van der Waals surface area contributed by atoms with Gasteiger partial charge in [-0.05, 0) is 103 Å². The molecule has 4 nitrogen and oxygen atoms in total. The van der Waals surface area contributed by atoms with Crippen LogP contribution in [0.5, 0.6) is 0 Å². The highest BCUT2D eigenvalue weighted by Crippen LogP contribution is 2.77. The fourth-order valence-electron chi connectivity index (χ4n) is 12.1. The van der Waals surface area contributed by atoms with Crippen molar-refractivity contribution < 1.29 is 19.0 Å². The minimum absolute atomic E-state index is 0.0276. The Kier molecular flexibility index (Phi) is 6.08. The largest absolute Gasteiger partial charge is 0.469 e. The number of carbonyl (C=O) groups is 1. The summed E-state index contributed by atoms with van der Waals surface area (Å²) in [6.45, 7) is 23.4. The van der Waals surface area contributed by atoms with Crippen LogP contribution in [0.1, 0.15) is 113 Å². The molecule has 1 spiro atoms. The number of esters is 1. The fourth-order valence-corrected chi connectivity index (χ4v) is 12.1. The van der Waals surface area contributed by atoms with Crippen LogP contribution in [-0.2, 0) is 19.0 Å². The minimum Gasteiger partial charge on any atom is -0.469 e. The van der Waals surface area contributed by atoms with Gasteiger partial charge in [0.15, 0.2) is 5.79 Å². The second-order valence-corrected chi connectivity index (χ2v) is 16.5. The number of hydrogen-bond donors (Lipinski definition) is 0. The first-order valence-corrected chi connectivity index (χ1v) is 15.9. The van der Waals surface area contributed by atoms with Crippen molar-refractivity contribution in [2.24, 2.45) is 50.2 Å². The molecular weight excluding hydrogens is 484 g/mol. The van der Waals surface area contributed by atoms with E-state index in [0.29, 0.717) is 11.8 Å². The third-order valence-electron chi connectivity index (χ3n) is 14.5. The third kappa shape index (κ3) is 3.34. The van der Waals surface area contributed by atoms with E-state index in [-0.39, 0.29) is 44.4 Å². The van der Waals surface area contributed by atoms with Crippen LogP contribution in [0, 0.1) is 50.2 Å². The highest BCUT2D eigenvalue weighted by atomic mass is 16.7. The van der Waals surface area contributed by atoms with Gasteiger partial charge in [0, 0.05) is 11.8 Å². The Labute approximate surface area is 237 Å². The average Bonchev–Trinajstić information content (AvgIpc) is 3.37. The molecule has 7 atom stereocenters. The van der Waals surface area contributed by atoms with E-state index in [0.717, 1.165) is 64.6 Å². The van der Waals surface area contributed by atoms with E-state index in [1.54, 1.807) is 12.7 Å². The zero-order valence-electron chi connectivity index (χ0n) is 26.1. The van der Waals surface area contributed by atoms with Crippen molar-refractivity contribution in [2.45, 2.75) is 118 Å². The van der Waals surface area contributed by atoms with Crippen LogP contribution in [0.4, 0.5) is 0 Å². The summed E-state index contributed by atoms with van der Waals surface area (Å²) in [5, 5.41) is 0. The number of rotatable bonds is 2. The molecule has 5 fully saturated rings. The Morgan fingerprint density at radius 3 is 2.21 bits per heavy atom. The van der Waals surface area contributed by atoms with Crippen molar-refractivity contribution in [1.29, 1.82) is 0 Å². The van der Waals surface area contributed by atoms with Crippen LogP contribution in [0.2, 0.25) is 0 Å². The van der Waals surface area contributed by atoms with Gasteiger partial charge in [-0.25, -0.2) is 0 Å². The fraction of sp³-hybridized carbons (Fsp3) is 0.857. The standard InChI is InChI=1S/C35H54O4/c1-10-23-21-26-31(6)14-18-35(38-19-20-39-35)30(4,5)25(31)11-12-32(26,7)33(8)15-17-34(28(36)37-9)16-13-29(2,3)22-24(34)27(23)33/h10,24-26H,1,11-22H2,2-9H3/t24-,25-,26?,31-,32+,33+,34-/m0/s1. The van der Waals surface area contributed by atoms with Crippen LogP contribution < -0.4 is 0 Å². The van der Waals surface area contributed by atoms with Crippen molar-refractivity contribution in [3.8, 4) is 0 Å². The van der Waals surface area contributed by atoms with Gasteiger partial charge in [-0.15, -0.1) is 0 Å². The van der Waals surface area contributed by atoms with Crippen LogP contribution in [0.15, 0.2) is 23.8 Å². The maximum absolute atomic E-state index is 13.6. The molecule has 0 amide bonds. The highest BCUT2D eigenvalue weighted by molar-refractivity contribution is 5.78. The van der Waals surface area contributed by atoms with E-state index in [1.165, 1.54) is 18.4 Å². The lowest BCUT2D eigenvalue weighted by atomic mass is 9.32. The molecule has 1 saturated heterocycles. The maximum atomic E-state index is 13.6. The van der Waals surface area contributed by atoms with Gasteiger partial charge in [0.1, 0.15) is 0 Å². The molecule has 39 heavy (non-hydrogen) atoms. The number of fused-ring (bicyclic) bond motifs is 7. The van der Waals surface area contributed by atoms with Gasteiger partial charge in [-0.2, -0.15) is 0 Å².